The minimum absolute atomic E-state index is 0.0654. The van der Waals surface area contributed by atoms with E-state index >= 15 is 0 Å². The summed E-state index contributed by atoms with van der Waals surface area (Å²) in [5.41, 5.74) is 4.80. The molecule has 1 rings (SSSR count). The predicted octanol–water partition coefficient (Wildman–Crippen LogP) is 0.239. The van der Waals surface area contributed by atoms with E-state index in [1.807, 2.05) is 0 Å². The van der Waals surface area contributed by atoms with E-state index in [0.29, 0.717) is 6.04 Å². The molecule has 114 valence electrons. The molecule has 20 heavy (non-hydrogen) atoms. The van der Waals surface area contributed by atoms with Crippen LogP contribution in [0.2, 0.25) is 25.7 Å². The lowest BCUT2D eigenvalue weighted by atomic mass is 9.93. The Morgan fingerprint density at radius 2 is 1.90 bits per heavy atom. The first-order chi connectivity index (χ1) is 8.99. The van der Waals surface area contributed by atoms with Gasteiger partial charge in [-0.05, 0) is 18.9 Å². The van der Waals surface area contributed by atoms with E-state index in [1.165, 1.54) is 0 Å². The number of rotatable bonds is 4. The Morgan fingerprint density at radius 1 is 1.40 bits per heavy atom. The van der Waals surface area contributed by atoms with Gasteiger partial charge in [0.2, 0.25) is 5.91 Å². The zero-order chi connectivity index (χ0) is 15.6. The Morgan fingerprint density at radius 3 is 2.30 bits per heavy atom. The molecule has 0 radical (unpaired) electrons. The fourth-order valence-electron chi connectivity index (χ4n) is 2.23. The smallest absolute Gasteiger partial charge is 0.237 e. The van der Waals surface area contributed by atoms with Crippen LogP contribution in [0.5, 0.6) is 0 Å². The largest absolute Gasteiger partial charge is 0.336 e. The summed E-state index contributed by atoms with van der Waals surface area (Å²) in [6.07, 6.45) is 0.272. The van der Waals surface area contributed by atoms with Gasteiger partial charge < -0.3 is 11.1 Å². The molecule has 0 aromatic rings. The van der Waals surface area contributed by atoms with Crippen molar-refractivity contribution < 1.29 is 13.2 Å². The van der Waals surface area contributed by atoms with Crippen LogP contribution in [0.4, 0.5) is 0 Å². The summed E-state index contributed by atoms with van der Waals surface area (Å²) in [6.45, 7) is 6.36. The average Bonchev–Trinajstić information content (AvgIpc) is 2.30. The SMILES string of the molecule is C[Si](C)(C)CC(N)C(=O)NC1(C#N)CCS(=O)(=O)CC1. The zero-order valence-electron chi connectivity index (χ0n) is 12.3. The molecule has 3 N–H and O–H groups in total. The molecule has 1 atom stereocenters. The molecule has 0 aromatic carbocycles. The summed E-state index contributed by atoms with van der Waals surface area (Å²) < 4.78 is 22.8. The van der Waals surface area contributed by atoms with Crippen LogP contribution in [-0.2, 0) is 14.6 Å². The van der Waals surface area contributed by atoms with Crippen molar-refractivity contribution in [3.05, 3.63) is 0 Å². The van der Waals surface area contributed by atoms with Gasteiger partial charge in [-0.1, -0.05) is 19.6 Å². The van der Waals surface area contributed by atoms with Crippen LogP contribution in [0.1, 0.15) is 12.8 Å². The van der Waals surface area contributed by atoms with Gasteiger partial charge in [-0.15, -0.1) is 0 Å². The van der Waals surface area contributed by atoms with Crippen LogP contribution >= 0.6 is 0 Å². The van der Waals surface area contributed by atoms with Crippen molar-refractivity contribution in [1.82, 2.24) is 5.32 Å². The van der Waals surface area contributed by atoms with Crippen molar-refractivity contribution in [2.75, 3.05) is 11.5 Å². The van der Waals surface area contributed by atoms with E-state index in [1.54, 1.807) is 0 Å². The summed E-state index contributed by atoms with van der Waals surface area (Å²) in [5, 5.41) is 12.0. The summed E-state index contributed by atoms with van der Waals surface area (Å²) >= 11 is 0. The maximum Gasteiger partial charge on any atom is 0.237 e. The van der Waals surface area contributed by atoms with Crippen LogP contribution < -0.4 is 11.1 Å². The highest BCUT2D eigenvalue weighted by molar-refractivity contribution is 7.91. The quantitative estimate of drug-likeness (QED) is 0.721. The number of nitrogens with zero attached hydrogens (tertiary/aromatic N) is 1. The Bertz CT molecular complexity index is 505. The first-order valence-electron chi connectivity index (χ1n) is 6.68. The van der Waals surface area contributed by atoms with Crippen LogP contribution in [0.15, 0.2) is 0 Å². The second-order valence-corrected chi connectivity index (χ2v) is 14.5. The molecule has 1 fully saturated rings. The number of nitriles is 1. The van der Waals surface area contributed by atoms with Crippen molar-refractivity contribution >= 4 is 23.8 Å². The van der Waals surface area contributed by atoms with Gasteiger partial charge in [0.15, 0.2) is 9.84 Å². The molecule has 0 bridgehead atoms. The van der Waals surface area contributed by atoms with Gasteiger partial charge in [-0.25, -0.2) is 8.42 Å². The molecule has 1 aliphatic rings. The Labute approximate surface area is 121 Å². The van der Waals surface area contributed by atoms with Gasteiger partial charge >= 0.3 is 0 Å². The van der Waals surface area contributed by atoms with E-state index in [0.717, 1.165) is 0 Å². The summed E-state index contributed by atoms with van der Waals surface area (Å²) in [5.74, 6) is -0.484. The molecule has 6 nitrogen and oxygen atoms in total. The third-order valence-electron chi connectivity index (χ3n) is 3.43. The molecule has 1 amide bonds. The van der Waals surface area contributed by atoms with Gasteiger partial charge in [-0.3, -0.25) is 4.79 Å². The topological polar surface area (TPSA) is 113 Å². The van der Waals surface area contributed by atoms with Crippen molar-refractivity contribution in [2.24, 2.45) is 5.73 Å². The molecular weight excluding hydrogens is 294 g/mol. The number of hydrogen-bond acceptors (Lipinski definition) is 5. The highest BCUT2D eigenvalue weighted by Gasteiger charge is 2.39. The molecule has 0 spiro atoms. The lowest BCUT2D eigenvalue weighted by molar-refractivity contribution is -0.123. The van der Waals surface area contributed by atoms with Crippen LogP contribution in [-0.4, -0.2) is 45.5 Å². The minimum Gasteiger partial charge on any atom is -0.336 e. The molecule has 1 saturated heterocycles. The maximum absolute atomic E-state index is 12.1. The molecule has 0 aromatic heterocycles. The van der Waals surface area contributed by atoms with E-state index in [4.69, 9.17) is 5.73 Å². The number of sulfone groups is 1. The highest BCUT2D eigenvalue weighted by atomic mass is 32.2. The molecule has 0 aliphatic carbocycles. The fraction of sp³-hybridized carbons (Fsp3) is 0.833. The third kappa shape index (κ3) is 4.88. The lowest BCUT2D eigenvalue weighted by Gasteiger charge is -2.33. The first kappa shape index (κ1) is 17.1. The molecular formula is C12H23N3O3SSi. The van der Waals surface area contributed by atoms with Gasteiger partial charge in [0, 0.05) is 8.07 Å². The van der Waals surface area contributed by atoms with Crippen molar-refractivity contribution in [1.29, 1.82) is 5.26 Å². The van der Waals surface area contributed by atoms with Crippen molar-refractivity contribution in [3.63, 3.8) is 0 Å². The first-order valence-corrected chi connectivity index (χ1v) is 12.2. The zero-order valence-corrected chi connectivity index (χ0v) is 14.1. The van der Waals surface area contributed by atoms with E-state index in [2.05, 4.69) is 31.0 Å². The normalized spacial score (nSPS) is 22.6. The molecule has 1 heterocycles. The Kier molecular flexibility index (Phi) is 5.00. The monoisotopic (exact) mass is 317 g/mol. The van der Waals surface area contributed by atoms with Crippen LogP contribution in [0, 0.1) is 11.3 Å². The lowest BCUT2D eigenvalue weighted by Crippen LogP contribution is -2.57. The van der Waals surface area contributed by atoms with Gasteiger partial charge in [0.25, 0.3) is 0 Å². The standard InChI is InChI=1S/C12H23N3O3SSi/c1-20(2,3)8-10(14)11(16)15-12(9-13)4-6-19(17,18)7-5-12/h10H,4-8,14H2,1-3H3,(H,15,16). The second-order valence-electron chi connectivity index (χ2n) is 6.71. The van der Waals surface area contributed by atoms with Gasteiger partial charge in [-0.2, -0.15) is 5.26 Å². The van der Waals surface area contributed by atoms with E-state index in [9.17, 15) is 18.5 Å². The third-order valence-corrected chi connectivity index (χ3v) is 6.74. The molecule has 8 heteroatoms. The van der Waals surface area contributed by atoms with Crippen LogP contribution in [0.3, 0.4) is 0 Å². The van der Waals surface area contributed by atoms with Crippen molar-refractivity contribution in [3.8, 4) is 6.07 Å². The number of amides is 1. The summed E-state index contributed by atoms with van der Waals surface area (Å²) in [6, 6.07) is 2.07. The van der Waals surface area contributed by atoms with E-state index < -0.39 is 29.5 Å². The number of nitrogens with one attached hydrogen (secondary N) is 1. The Balaban J connectivity index is 2.70. The van der Waals surface area contributed by atoms with Gasteiger partial charge in [0.1, 0.15) is 5.54 Å². The Hall–Kier alpha value is -0.913. The van der Waals surface area contributed by atoms with Crippen LogP contribution in [0.25, 0.3) is 0 Å². The highest BCUT2D eigenvalue weighted by Crippen LogP contribution is 2.23. The number of carbonyl (C=O) groups excluding carboxylic acids is 1. The number of hydrogen-bond donors (Lipinski definition) is 2. The van der Waals surface area contributed by atoms with E-state index in [-0.39, 0.29) is 30.3 Å². The molecule has 1 unspecified atom stereocenters. The molecule has 0 saturated carbocycles. The van der Waals surface area contributed by atoms with Crippen molar-refractivity contribution in [2.45, 2.75) is 50.1 Å². The van der Waals surface area contributed by atoms with Gasteiger partial charge in [0.05, 0.1) is 23.6 Å². The maximum atomic E-state index is 12.1. The summed E-state index contributed by atoms with van der Waals surface area (Å²) in [7, 11) is -4.55. The number of carbonyl (C=O) groups is 1. The second kappa shape index (κ2) is 5.83. The minimum atomic E-state index is -3.08. The molecule has 1 aliphatic heterocycles. The predicted molar refractivity (Wildman–Crippen MR) is 80.5 cm³/mol. The number of nitrogens with two attached hydrogens (primary N) is 1. The average molecular weight is 317 g/mol. The summed E-state index contributed by atoms with van der Waals surface area (Å²) in [4.78, 5) is 12.1. The fourth-order valence-corrected chi connectivity index (χ4v) is 5.26.